The van der Waals surface area contributed by atoms with Crippen molar-refractivity contribution in [2.75, 3.05) is 36.2 Å². The average molecular weight is 497 g/mol. The SMILES string of the molecule is N/C=C\N(N)c1ncc(F)c2c(C(=O)C(=O)N3CCN(/C(=N/N)N(N)c4cccnc4)CC3)c[nH]c12. The Bertz CT molecular complexity index is 1320. The van der Waals surface area contributed by atoms with Gasteiger partial charge in [0.2, 0.25) is 5.96 Å². The highest BCUT2D eigenvalue weighted by atomic mass is 19.1. The fraction of sp³-hybridized carbons (Fsp3) is 0.190. The summed E-state index contributed by atoms with van der Waals surface area (Å²) in [6.07, 6.45) is 7.83. The maximum absolute atomic E-state index is 14.7. The van der Waals surface area contributed by atoms with E-state index in [4.69, 9.17) is 23.3 Å². The van der Waals surface area contributed by atoms with Gasteiger partial charge in [0.25, 0.3) is 11.7 Å². The summed E-state index contributed by atoms with van der Waals surface area (Å²) < 4.78 is 14.7. The molecule has 0 unspecified atom stereocenters. The summed E-state index contributed by atoms with van der Waals surface area (Å²) in [5, 5.41) is 6.04. The van der Waals surface area contributed by atoms with Crippen molar-refractivity contribution in [3.05, 3.63) is 60.7 Å². The lowest BCUT2D eigenvalue weighted by atomic mass is 10.1. The molecule has 14 nitrogen and oxygen atoms in total. The van der Waals surface area contributed by atoms with Gasteiger partial charge in [-0.2, -0.15) is 0 Å². The number of aromatic nitrogens is 3. The monoisotopic (exact) mass is 496 g/mol. The van der Waals surface area contributed by atoms with Gasteiger partial charge in [-0.3, -0.25) is 19.6 Å². The van der Waals surface area contributed by atoms with Gasteiger partial charge in [-0.1, -0.05) is 0 Å². The van der Waals surface area contributed by atoms with Crippen molar-refractivity contribution >= 4 is 40.1 Å². The number of pyridine rings is 2. The maximum Gasteiger partial charge on any atom is 0.295 e. The number of piperazine rings is 1. The van der Waals surface area contributed by atoms with Crippen LogP contribution in [-0.4, -0.2) is 68.6 Å². The number of guanidine groups is 1. The molecule has 36 heavy (non-hydrogen) atoms. The molecule has 1 amide bonds. The Balaban J connectivity index is 1.49. The van der Waals surface area contributed by atoms with Crippen molar-refractivity contribution in [1.29, 1.82) is 0 Å². The molecule has 0 atom stereocenters. The van der Waals surface area contributed by atoms with Crippen LogP contribution in [0.15, 0.2) is 54.4 Å². The first-order chi connectivity index (χ1) is 17.4. The summed E-state index contributed by atoms with van der Waals surface area (Å²) in [4.78, 5) is 40.0. The largest absolute Gasteiger partial charge is 0.403 e. The van der Waals surface area contributed by atoms with Crippen LogP contribution in [0.3, 0.4) is 0 Å². The summed E-state index contributed by atoms with van der Waals surface area (Å²) in [7, 11) is 0. The Morgan fingerprint density at radius 1 is 1.17 bits per heavy atom. The quantitative estimate of drug-likeness (QED) is 0.0734. The topological polar surface area (TPSA) is 205 Å². The molecule has 0 saturated carbocycles. The number of carbonyl (C=O) groups is 2. The number of aromatic amines is 1. The number of halogens is 1. The molecule has 1 fully saturated rings. The van der Waals surface area contributed by atoms with Gasteiger partial charge in [0.05, 0.1) is 34.5 Å². The molecule has 4 rings (SSSR count). The number of rotatable bonds is 5. The third-order valence-electron chi connectivity index (χ3n) is 5.68. The van der Waals surface area contributed by atoms with Crippen LogP contribution in [0.1, 0.15) is 10.4 Å². The predicted octanol–water partition coefficient (Wildman–Crippen LogP) is -0.856. The molecule has 0 aliphatic carbocycles. The predicted molar refractivity (Wildman–Crippen MR) is 131 cm³/mol. The Morgan fingerprint density at radius 3 is 2.53 bits per heavy atom. The molecular weight excluding hydrogens is 471 g/mol. The first-order valence-electron chi connectivity index (χ1n) is 10.8. The van der Waals surface area contributed by atoms with E-state index in [1.165, 1.54) is 28.5 Å². The van der Waals surface area contributed by atoms with E-state index >= 15 is 0 Å². The summed E-state index contributed by atoms with van der Waals surface area (Å²) >= 11 is 0. The second-order valence-electron chi connectivity index (χ2n) is 7.75. The van der Waals surface area contributed by atoms with Crippen LogP contribution < -0.4 is 33.3 Å². The number of H-pyrrole nitrogens is 1. The number of carbonyl (C=O) groups excluding carboxylic acids is 2. The van der Waals surface area contributed by atoms with Crippen LogP contribution in [0.2, 0.25) is 0 Å². The first-order valence-corrected chi connectivity index (χ1v) is 10.8. The zero-order valence-electron chi connectivity index (χ0n) is 19.1. The van der Waals surface area contributed by atoms with Crippen molar-refractivity contribution in [3.8, 4) is 0 Å². The number of Topliss-reactive ketones (excluding diaryl/α,β-unsaturated/α-hetero) is 1. The third kappa shape index (κ3) is 4.47. The second-order valence-corrected chi connectivity index (χ2v) is 7.75. The van der Waals surface area contributed by atoms with Crippen molar-refractivity contribution in [2.45, 2.75) is 0 Å². The van der Waals surface area contributed by atoms with E-state index in [0.29, 0.717) is 18.8 Å². The van der Waals surface area contributed by atoms with Crippen LogP contribution in [0.4, 0.5) is 15.9 Å². The Labute approximate surface area is 204 Å². The maximum atomic E-state index is 14.7. The van der Waals surface area contributed by atoms with E-state index in [1.54, 1.807) is 29.4 Å². The molecule has 3 aromatic heterocycles. The van der Waals surface area contributed by atoms with E-state index in [2.05, 4.69) is 20.1 Å². The summed E-state index contributed by atoms with van der Waals surface area (Å²) in [6.45, 7) is 1.01. The molecule has 4 heterocycles. The second kappa shape index (κ2) is 10.2. The highest BCUT2D eigenvalue weighted by Crippen LogP contribution is 2.28. The lowest BCUT2D eigenvalue weighted by Crippen LogP contribution is -2.57. The summed E-state index contributed by atoms with van der Waals surface area (Å²) in [6, 6.07) is 3.46. The number of nitrogens with two attached hydrogens (primary N) is 4. The molecule has 15 heteroatoms. The first kappa shape index (κ1) is 24.4. The minimum Gasteiger partial charge on any atom is -0.403 e. The average Bonchev–Trinajstić information content (AvgIpc) is 3.35. The number of amides is 1. The third-order valence-corrected chi connectivity index (χ3v) is 5.68. The van der Waals surface area contributed by atoms with Crippen molar-refractivity contribution in [2.24, 2.45) is 28.4 Å². The lowest BCUT2D eigenvalue weighted by molar-refractivity contribution is -0.127. The normalized spacial score (nSPS) is 14.5. The zero-order chi connectivity index (χ0) is 25.8. The molecule has 3 aromatic rings. The molecule has 188 valence electrons. The van der Waals surface area contributed by atoms with Gasteiger partial charge in [-0.25, -0.2) is 26.1 Å². The Morgan fingerprint density at radius 2 is 1.89 bits per heavy atom. The van der Waals surface area contributed by atoms with Gasteiger partial charge in [0.15, 0.2) is 11.6 Å². The number of ketones is 1. The fourth-order valence-electron chi connectivity index (χ4n) is 3.91. The minimum absolute atomic E-state index is 0.0920. The smallest absolute Gasteiger partial charge is 0.295 e. The highest BCUT2D eigenvalue weighted by Gasteiger charge is 2.31. The van der Waals surface area contributed by atoms with Crippen molar-refractivity contribution in [3.63, 3.8) is 0 Å². The van der Waals surface area contributed by atoms with Crippen molar-refractivity contribution < 1.29 is 14.0 Å². The molecule has 0 radical (unpaired) electrons. The number of nitrogens with zero attached hydrogens (tertiary/aromatic N) is 7. The molecule has 0 bridgehead atoms. The summed E-state index contributed by atoms with van der Waals surface area (Å²) in [5.74, 6) is 15.6. The van der Waals surface area contributed by atoms with Gasteiger partial charge < -0.3 is 26.4 Å². The van der Waals surface area contributed by atoms with Crippen LogP contribution in [0.5, 0.6) is 0 Å². The lowest BCUT2D eigenvalue weighted by Gasteiger charge is -2.37. The number of hydrazone groups is 1. The standard InChI is InChI=1S/C21H25FN12O2/c22-15-12-29-19(33(25)5-3-23)17-16(15)14(11-28-17)18(35)20(36)31-6-8-32(9-7-31)21(30-24)34(26)13-2-1-4-27-10-13/h1-5,10-12,28H,6-9,23-26H2/b5-3-,30-21-. The van der Waals surface area contributed by atoms with Gasteiger partial charge in [0, 0.05) is 51.0 Å². The van der Waals surface area contributed by atoms with E-state index in [1.807, 2.05) is 0 Å². The van der Waals surface area contributed by atoms with E-state index < -0.39 is 17.5 Å². The molecular formula is C21H25FN12O2. The van der Waals surface area contributed by atoms with Gasteiger partial charge >= 0.3 is 0 Å². The summed E-state index contributed by atoms with van der Waals surface area (Å²) in [5.41, 5.74) is 5.95. The molecule has 0 spiro atoms. The molecule has 1 saturated heterocycles. The number of hydrogen-bond donors (Lipinski definition) is 5. The zero-order valence-corrected chi connectivity index (χ0v) is 19.1. The van der Waals surface area contributed by atoms with Crippen LogP contribution in [0.25, 0.3) is 10.9 Å². The molecule has 1 aliphatic rings. The van der Waals surface area contributed by atoms with Gasteiger partial charge in [-0.15, -0.1) is 5.10 Å². The number of nitrogens with one attached hydrogen (secondary N) is 1. The molecule has 0 aromatic carbocycles. The minimum atomic E-state index is -0.868. The number of hydrogen-bond acceptors (Lipinski definition) is 10. The van der Waals surface area contributed by atoms with Gasteiger partial charge in [0.1, 0.15) is 0 Å². The van der Waals surface area contributed by atoms with Gasteiger partial charge in [-0.05, 0) is 12.1 Å². The number of fused-ring (bicyclic) bond motifs is 1. The Hall–Kier alpha value is -4.76. The highest BCUT2D eigenvalue weighted by molar-refractivity contribution is 6.45. The number of hydrazine groups is 2. The van der Waals surface area contributed by atoms with Crippen LogP contribution >= 0.6 is 0 Å². The Kier molecular flexibility index (Phi) is 6.93. The molecule has 1 aliphatic heterocycles. The van der Waals surface area contributed by atoms with E-state index in [9.17, 15) is 14.0 Å². The number of anilines is 2. The van der Waals surface area contributed by atoms with E-state index in [0.717, 1.165) is 11.2 Å². The van der Waals surface area contributed by atoms with Crippen LogP contribution in [-0.2, 0) is 4.79 Å². The molecule has 9 N–H and O–H groups in total. The van der Waals surface area contributed by atoms with E-state index in [-0.39, 0.29) is 41.3 Å². The van der Waals surface area contributed by atoms with Crippen LogP contribution in [0, 0.1) is 5.82 Å². The fourth-order valence-corrected chi connectivity index (χ4v) is 3.91. The van der Waals surface area contributed by atoms with Crippen molar-refractivity contribution in [1.82, 2.24) is 24.8 Å².